The summed E-state index contributed by atoms with van der Waals surface area (Å²) in [4.78, 5) is 24.3. The second-order valence-corrected chi connectivity index (χ2v) is 6.97. The highest BCUT2D eigenvalue weighted by Crippen LogP contribution is 2.25. The summed E-state index contributed by atoms with van der Waals surface area (Å²) in [6, 6.07) is -0.509. The van der Waals surface area contributed by atoms with E-state index < -0.39 is 23.2 Å². The van der Waals surface area contributed by atoms with Crippen LogP contribution in [0.2, 0.25) is 0 Å². The van der Waals surface area contributed by atoms with Gasteiger partial charge in [0.25, 0.3) is 0 Å². The average molecular weight is 271 g/mol. The van der Waals surface area contributed by atoms with Crippen molar-refractivity contribution in [1.29, 1.82) is 0 Å². The van der Waals surface area contributed by atoms with Gasteiger partial charge >= 0.3 is 6.09 Å². The number of nitrogens with one attached hydrogen (secondary N) is 1. The molecular formula is C15H29NO3. The highest BCUT2D eigenvalue weighted by Gasteiger charge is 2.35. The quantitative estimate of drug-likeness (QED) is 0.832. The van der Waals surface area contributed by atoms with E-state index in [1.807, 2.05) is 34.6 Å². The Morgan fingerprint density at radius 3 is 1.89 bits per heavy atom. The van der Waals surface area contributed by atoms with E-state index in [0.717, 1.165) is 6.42 Å². The van der Waals surface area contributed by atoms with Gasteiger partial charge in [0.05, 0.1) is 6.04 Å². The largest absolute Gasteiger partial charge is 0.444 e. The summed E-state index contributed by atoms with van der Waals surface area (Å²) in [6.07, 6.45) is 0.205. The van der Waals surface area contributed by atoms with Gasteiger partial charge in [-0.15, -0.1) is 0 Å². The van der Waals surface area contributed by atoms with Crippen molar-refractivity contribution in [1.82, 2.24) is 5.32 Å². The van der Waals surface area contributed by atoms with Crippen LogP contribution in [0.15, 0.2) is 0 Å². The van der Waals surface area contributed by atoms with Crippen LogP contribution in [-0.2, 0) is 9.53 Å². The number of carbonyl (C=O) groups excluding carboxylic acids is 2. The van der Waals surface area contributed by atoms with Gasteiger partial charge in [-0.3, -0.25) is 4.79 Å². The molecule has 4 heteroatoms. The Bertz CT molecular complexity index is 327. The third-order valence-electron chi connectivity index (χ3n) is 3.17. The number of Topliss-reactive ketones (excluding diaryl/α,β-unsaturated/α-hetero) is 1. The predicted octanol–water partition coefficient (Wildman–Crippen LogP) is 3.54. The Kier molecular flexibility index (Phi) is 6.04. The SMILES string of the molecule is CCC(C)(C)C(=O)[C@@H](NC(=O)OC(C)(C)C)C(C)C. The highest BCUT2D eigenvalue weighted by atomic mass is 16.6. The molecule has 0 rings (SSSR count). The first-order valence-electron chi connectivity index (χ1n) is 6.94. The summed E-state index contributed by atoms with van der Waals surface area (Å²) in [5, 5.41) is 2.70. The standard InChI is InChI=1S/C15H29NO3/c1-9-15(7,8)12(17)11(10(2)3)16-13(18)19-14(4,5)6/h10-11H,9H2,1-8H3,(H,16,18)/t11-/m0/s1. The fourth-order valence-corrected chi connectivity index (χ4v) is 1.56. The molecular weight excluding hydrogens is 242 g/mol. The van der Waals surface area contributed by atoms with E-state index in [0.29, 0.717) is 0 Å². The van der Waals surface area contributed by atoms with Crippen molar-refractivity contribution in [2.24, 2.45) is 11.3 Å². The molecule has 1 amide bonds. The molecule has 0 aromatic heterocycles. The van der Waals surface area contributed by atoms with Crippen molar-refractivity contribution in [2.75, 3.05) is 0 Å². The Labute approximate surface area is 117 Å². The molecule has 0 aromatic carbocycles. The van der Waals surface area contributed by atoms with Crippen LogP contribution in [0.5, 0.6) is 0 Å². The van der Waals surface area contributed by atoms with Crippen molar-refractivity contribution in [2.45, 2.75) is 73.5 Å². The topological polar surface area (TPSA) is 55.4 Å². The molecule has 112 valence electrons. The van der Waals surface area contributed by atoms with Gasteiger partial charge in [-0.25, -0.2) is 4.79 Å². The molecule has 0 aliphatic rings. The van der Waals surface area contributed by atoms with Crippen molar-refractivity contribution in [3.8, 4) is 0 Å². The molecule has 1 N–H and O–H groups in total. The molecule has 0 saturated heterocycles. The number of carbonyl (C=O) groups is 2. The summed E-state index contributed by atoms with van der Waals surface area (Å²) >= 11 is 0. The summed E-state index contributed by atoms with van der Waals surface area (Å²) in [5.41, 5.74) is -1.00. The zero-order chi connectivity index (χ0) is 15.4. The molecule has 0 fully saturated rings. The summed E-state index contributed by atoms with van der Waals surface area (Å²) in [7, 11) is 0. The van der Waals surface area contributed by atoms with Gasteiger partial charge in [0.2, 0.25) is 0 Å². The van der Waals surface area contributed by atoms with Crippen molar-refractivity contribution in [3.63, 3.8) is 0 Å². The molecule has 0 aliphatic carbocycles. The van der Waals surface area contributed by atoms with Crippen molar-refractivity contribution >= 4 is 11.9 Å². The van der Waals surface area contributed by atoms with E-state index in [1.54, 1.807) is 20.8 Å². The fraction of sp³-hybridized carbons (Fsp3) is 0.867. The molecule has 0 spiro atoms. The second-order valence-electron chi connectivity index (χ2n) is 6.97. The smallest absolute Gasteiger partial charge is 0.408 e. The van der Waals surface area contributed by atoms with E-state index in [1.165, 1.54) is 0 Å². The van der Waals surface area contributed by atoms with E-state index in [2.05, 4.69) is 5.32 Å². The van der Waals surface area contributed by atoms with E-state index in [9.17, 15) is 9.59 Å². The number of ether oxygens (including phenoxy) is 1. The van der Waals surface area contributed by atoms with Crippen LogP contribution in [0.3, 0.4) is 0 Å². The monoisotopic (exact) mass is 271 g/mol. The van der Waals surface area contributed by atoms with Crippen LogP contribution in [-0.4, -0.2) is 23.5 Å². The molecule has 19 heavy (non-hydrogen) atoms. The van der Waals surface area contributed by atoms with E-state index >= 15 is 0 Å². The Hall–Kier alpha value is -1.06. The minimum atomic E-state index is -0.561. The maximum atomic E-state index is 12.5. The maximum absolute atomic E-state index is 12.5. The zero-order valence-corrected chi connectivity index (χ0v) is 13.6. The van der Waals surface area contributed by atoms with Crippen LogP contribution in [0.4, 0.5) is 4.79 Å². The lowest BCUT2D eigenvalue weighted by Gasteiger charge is -2.30. The zero-order valence-electron chi connectivity index (χ0n) is 13.6. The first-order valence-corrected chi connectivity index (χ1v) is 6.94. The van der Waals surface area contributed by atoms with Crippen molar-refractivity contribution in [3.05, 3.63) is 0 Å². The number of ketones is 1. The van der Waals surface area contributed by atoms with Gasteiger partial charge in [-0.2, -0.15) is 0 Å². The number of amides is 1. The Morgan fingerprint density at radius 1 is 1.11 bits per heavy atom. The van der Waals surface area contributed by atoms with Gasteiger partial charge in [-0.1, -0.05) is 34.6 Å². The van der Waals surface area contributed by atoms with Crippen molar-refractivity contribution < 1.29 is 14.3 Å². The predicted molar refractivity (Wildman–Crippen MR) is 77.1 cm³/mol. The van der Waals surface area contributed by atoms with Gasteiger partial charge in [0.15, 0.2) is 5.78 Å². The van der Waals surface area contributed by atoms with Gasteiger partial charge < -0.3 is 10.1 Å². The van der Waals surface area contributed by atoms with Crippen LogP contribution in [0.25, 0.3) is 0 Å². The third-order valence-corrected chi connectivity index (χ3v) is 3.17. The van der Waals surface area contributed by atoms with E-state index in [-0.39, 0.29) is 11.7 Å². The van der Waals surface area contributed by atoms with Crippen LogP contribution < -0.4 is 5.32 Å². The van der Waals surface area contributed by atoms with Gasteiger partial charge in [0, 0.05) is 5.41 Å². The van der Waals surface area contributed by atoms with Crippen LogP contribution >= 0.6 is 0 Å². The molecule has 0 aliphatic heterocycles. The number of rotatable bonds is 5. The number of hydrogen-bond donors (Lipinski definition) is 1. The third kappa shape index (κ3) is 6.08. The van der Waals surface area contributed by atoms with Crippen LogP contribution in [0.1, 0.15) is 61.8 Å². The molecule has 1 atom stereocenters. The molecule has 0 saturated carbocycles. The molecule has 0 unspecified atom stereocenters. The number of alkyl carbamates (subject to hydrolysis) is 1. The number of hydrogen-bond acceptors (Lipinski definition) is 3. The first kappa shape index (κ1) is 17.9. The molecule has 0 heterocycles. The molecule has 0 bridgehead atoms. The van der Waals surface area contributed by atoms with Crippen LogP contribution in [0, 0.1) is 11.3 Å². The summed E-state index contributed by atoms with van der Waals surface area (Å²) < 4.78 is 5.21. The lowest BCUT2D eigenvalue weighted by atomic mass is 9.79. The first-order chi connectivity index (χ1) is 8.40. The maximum Gasteiger partial charge on any atom is 0.408 e. The molecule has 4 nitrogen and oxygen atoms in total. The minimum absolute atomic E-state index is 0.0332. The summed E-state index contributed by atoms with van der Waals surface area (Å²) in [5.74, 6) is 0.0849. The van der Waals surface area contributed by atoms with Gasteiger partial charge in [0.1, 0.15) is 5.60 Å². The second kappa shape index (κ2) is 6.40. The van der Waals surface area contributed by atoms with E-state index in [4.69, 9.17) is 4.74 Å². The van der Waals surface area contributed by atoms with Gasteiger partial charge in [-0.05, 0) is 33.1 Å². The highest BCUT2D eigenvalue weighted by molar-refractivity contribution is 5.91. The average Bonchev–Trinajstić information content (AvgIpc) is 2.22. The Morgan fingerprint density at radius 2 is 1.58 bits per heavy atom. The molecule has 0 radical (unpaired) electrons. The lowest BCUT2D eigenvalue weighted by molar-refractivity contribution is -0.130. The molecule has 0 aromatic rings. The normalized spacial score (nSPS) is 14.2. The summed E-state index contributed by atoms with van der Waals surface area (Å²) in [6.45, 7) is 15.0. The minimum Gasteiger partial charge on any atom is -0.444 e. The lowest BCUT2D eigenvalue weighted by Crippen LogP contribution is -2.50. The fourth-order valence-electron chi connectivity index (χ4n) is 1.56. The Balaban J connectivity index is 4.87.